The summed E-state index contributed by atoms with van der Waals surface area (Å²) in [5.74, 6) is 0.415. The Labute approximate surface area is 116 Å². The van der Waals surface area contributed by atoms with Crippen LogP contribution in [-0.2, 0) is 4.79 Å². The first-order chi connectivity index (χ1) is 9.24. The zero-order chi connectivity index (χ0) is 13.5. The molecule has 2 aliphatic rings. The van der Waals surface area contributed by atoms with Crippen molar-refractivity contribution < 1.29 is 4.79 Å². The molecule has 0 bridgehead atoms. The van der Waals surface area contributed by atoms with Crippen molar-refractivity contribution >= 4 is 5.78 Å². The van der Waals surface area contributed by atoms with Crippen molar-refractivity contribution in [2.75, 3.05) is 19.6 Å². The maximum absolute atomic E-state index is 11.1. The molecule has 2 nitrogen and oxygen atoms in total. The SMILES string of the molecule is CC1=CC=C(CC=CCN2CCC(=O)CC2)CC=C1. The summed E-state index contributed by atoms with van der Waals surface area (Å²) in [7, 11) is 0. The molecule has 0 aromatic heterocycles. The summed E-state index contributed by atoms with van der Waals surface area (Å²) in [6.07, 6.45) is 16.9. The third-order valence-corrected chi connectivity index (χ3v) is 3.67. The van der Waals surface area contributed by atoms with E-state index in [2.05, 4.69) is 48.3 Å². The number of piperidine rings is 1. The molecule has 1 heterocycles. The van der Waals surface area contributed by atoms with E-state index < -0.39 is 0 Å². The quantitative estimate of drug-likeness (QED) is 0.719. The van der Waals surface area contributed by atoms with Crippen LogP contribution in [0.2, 0.25) is 0 Å². The summed E-state index contributed by atoms with van der Waals surface area (Å²) in [4.78, 5) is 13.5. The first-order valence-electron chi connectivity index (χ1n) is 7.16. The maximum Gasteiger partial charge on any atom is 0.135 e. The van der Waals surface area contributed by atoms with Gasteiger partial charge in [-0.05, 0) is 19.8 Å². The van der Waals surface area contributed by atoms with Crippen molar-refractivity contribution in [2.24, 2.45) is 0 Å². The van der Waals surface area contributed by atoms with E-state index in [1.807, 2.05) is 0 Å². The zero-order valence-electron chi connectivity index (χ0n) is 11.8. The highest BCUT2D eigenvalue weighted by molar-refractivity contribution is 5.79. The van der Waals surface area contributed by atoms with Crippen molar-refractivity contribution in [1.29, 1.82) is 0 Å². The summed E-state index contributed by atoms with van der Waals surface area (Å²) in [6.45, 7) is 4.96. The van der Waals surface area contributed by atoms with Crippen molar-refractivity contribution in [3.8, 4) is 0 Å². The van der Waals surface area contributed by atoms with Crippen LogP contribution in [0.1, 0.15) is 32.6 Å². The average molecular weight is 257 g/mol. The largest absolute Gasteiger partial charge is 0.300 e. The number of allylic oxidation sites excluding steroid dienone is 7. The van der Waals surface area contributed by atoms with Gasteiger partial charge in [0.25, 0.3) is 0 Å². The predicted molar refractivity (Wildman–Crippen MR) is 80.0 cm³/mol. The molecule has 1 fully saturated rings. The van der Waals surface area contributed by atoms with Crippen molar-refractivity contribution in [3.63, 3.8) is 0 Å². The minimum atomic E-state index is 0.415. The van der Waals surface area contributed by atoms with E-state index >= 15 is 0 Å². The minimum Gasteiger partial charge on any atom is -0.300 e. The van der Waals surface area contributed by atoms with Crippen LogP contribution in [0.4, 0.5) is 0 Å². The second kappa shape index (κ2) is 7.25. The Hall–Kier alpha value is -1.41. The number of hydrogen-bond acceptors (Lipinski definition) is 2. The molecular weight excluding hydrogens is 234 g/mol. The lowest BCUT2D eigenvalue weighted by Crippen LogP contribution is -2.33. The molecule has 0 saturated carbocycles. The topological polar surface area (TPSA) is 20.3 Å². The number of nitrogens with zero attached hydrogens (tertiary/aromatic N) is 1. The number of hydrogen-bond donors (Lipinski definition) is 0. The van der Waals surface area contributed by atoms with E-state index in [4.69, 9.17) is 0 Å². The fraction of sp³-hybridized carbons (Fsp3) is 0.471. The van der Waals surface area contributed by atoms with Gasteiger partial charge in [0.15, 0.2) is 0 Å². The van der Waals surface area contributed by atoms with E-state index in [0.29, 0.717) is 5.78 Å². The third-order valence-electron chi connectivity index (χ3n) is 3.67. The van der Waals surface area contributed by atoms with Gasteiger partial charge in [0.1, 0.15) is 5.78 Å². The molecule has 19 heavy (non-hydrogen) atoms. The van der Waals surface area contributed by atoms with Crippen LogP contribution >= 0.6 is 0 Å². The van der Waals surface area contributed by atoms with Gasteiger partial charge in [-0.15, -0.1) is 0 Å². The van der Waals surface area contributed by atoms with E-state index in [1.54, 1.807) is 0 Å². The summed E-state index contributed by atoms with van der Waals surface area (Å²) in [5, 5.41) is 0. The molecule has 0 N–H and O–H groups in total. The predicted octanol–water partition coefficient (Wildman–Crippen LogP) is 3.43. The fourth-order valence-corrected chi connectivity index (χ4v) is 2.36. The number of likely N-dealkylation sites (tertiary alicyclic amines) is 1. The summed E-state index contributed by atoms with van der Waals surface area (Å²) in [6, 6.07) is 0. The summed E-state index contributed by atoms with van der Waals surface area (Å²) >= 11 is 0. The lowest BCUT2D eigenvalue weighted by molar-refractivity contribution is -0.121. The van der Waals surface area contributed by atoms with Crippen LogP contribution in [0.3, 0.4) is 0 Å². The van der Waals surface area contributed by atoms with Gasteiger partial charge in [0.2, 0.25) is 0 Å². The molecule has 0 atom stereocenters. The molecular formula is C17H23NO. The monoisotopic (exact) mass is 257 g/mol. The second-order valence-corrected chi connectivity index (χ2v) is 5.36. The molecule has 0 radical (unpaired) electrons. The average Bonchev–Trinajstić information content (AvgIpc) is 2.62. The van der Waals surface area contributed by atoms with Crippen LogP contribution in [0, 0.1) is 0 Å². The smallest absolute Gasteiger partial charge is 0.135 e. The van der Waals surface area contributed by atoms with Gasteiger partial charge in [-0.2, -0.15) is 0 Å². The molecule has 1 saturated heterocycles. The maximum atomic E-state index is 11.1. The highest BCUT2D eigenvalue weighted by Gasteiger charge is 2.14. The van der Waals surface area contributed by atoms with Gasteiger partial charge in [0, 0.05) is 32.5 Å². The van der Waals surface area contributed by atoms with Gasteiger partial charge in [-0.25, -0.2) is 0 Å². The van der Waals surface area contributed by atoms with Crippen LogP contribution in [0.15, 0.2) is 47.6 Å². The van der Waals surface area contributed by atoms with Crippen LogP contribution < -0.4 is 0 Å². The molecule has 0 unspecified atom stereocenters. The Kier molecular flexibility index (Phi) is 5.34. The summed E-state index contributed by atoms with van der Waals surface area (Å²) < 4.78 is 0. The molecule has 0 aromatic rings. The standard InChI is InChI=1S/C17H23NO/c1-15-5-4-7-16(9-8-15)6-2-3-12-18-13-10-17(19)11-14-18/h2-5,8-9H,6-7,10-14H2,1H3. The Morgan fingerprint density at radius 2 is 2.00 bits per heavy atom. The van der Waals surface area contributed by atoms with Gasteiger partial charge < -0.3 is 0 Å². The Balaban J connectivity index is 1.72. The number of Topliss-reactive ketones (excluding diaryl/α,β-unsaturated/α-hetero) is 1. The molecule has 0 spiro atoms. The highest BCUT2D eigenvalue weighted by Crippen LogP contribution is 2.14. The first kappa shape index (κ1) is 14.0. The number of carbonyl (C=O) groups is 1. The molecule has 1 aliphatic heterocycles. The molecule has 2 heteroatoms. The van der Waals surface area contributed by atoms with E-state index in [1.165, 1.54) is 11.1 Å². The molecule has 102 valence electrons. The summed E-state index contributed by atoms with van der Waals surface area (Å²) in [5.41, 5.74) is 2.77. The van der Waals surface area contributed by atoms with Gasteiger partial charge in [-0.3, -0.25) is 9.69 Å². The lowest BCUT2D eigenvalue weighted by atomic mass is 10.1. The van der Waals surface area contributed by atoms with Crippen LogP contribution in [-0.4, -0.2) is 30.3 Å². The molecule has 0 amide bonds. The Morgan fingerprint density at radius 1 is 1.21 bits per heavy atom. The van der Waals surface area contributed by atoms with Crippen molar-refractivity contribution in [2.45, 2.75) is 32.6 Å². The van der Waals surface area contributed by atoms with E-state index in [9.17, 15) is 4.79 Å². The van der Waals surface area contributed by atoms with E-state index in [0.717, 1.165) is 45.3 Å². The Bertz CT molecular complexity index is 430. The highest BCUT2D eigenvalue weighted by atomic mass is 16.1. The second-order valence-electron chi connectivity index (χ2n) is 5.36. The van der Waals surface area contributed by atoms with Gasteiger partial charge in [0.05, 0.1) is 0 Å². The van der Waals surface area contributed by atoms with E-state index in [-0.39, 0.29) is 0 Å². The third kappa shape index (κ3) is 4.99. The molecule has 1 aliphatic carbocycles. The normalized spacial score (nSPS) is 21.4. The number of rotatable bonds is 4. The molecule has 2 rings (SSSR count). The van der Waals surface area contributed by atoms with Crippen LogP contribution in [0.5, 0.6) is 0 Å². The van der Waals surface area contributed by atoms with Crippen molar-refractivity contribution in [3.05, 3.63) is 47.6 Å². The van der Waals surface area contributed by atoms with Crippen LogP contribution in [0.25, 0.3) is 0 Å². The van der Waals surface area contributed by atoms with Gasteiger partial charge >= 0.3 is 0 Å². The number of carbonyl (C=O) groups excluding carboxylic acids is 1. The fourth-order valence-electron chi connectivity index (χ4n) is 2.36. The molecule has 0 aromatic carbocycles. The lowest BCUT2D eigenvalue weighted by Gasteiger charge is -2.24. The Morgan fingerprint density at radius 3 is 2.79 bits per heavy atom. The van der Waals surface area contributed by atoms with Gasteiger partial charge in [-0.1, -0.05) is 47.6 Å². The number of ketones is 1. The first-order valence-corrected chi connectivity index (χ1v) is 7.16. The van der Waals surface area contributed by atoms with Crippen molar-refractivity contribution in [1.82, 2.24) is 4.90 Å². The zero-order valence-corrected chi connectivity index (χ0v) is 11.8. The minimum absolute atomic E-state index is 0.415.